The molecule has 2 saturated heterocycles. The lowest BCUT2D eigenvalue weighted by atomic mass is 9.80. The molecule has 7 nitrogen and oxygen atoms in total. The molecular formula is C17H24N4O3. The maximum Gasteiger partial charge on any atom is 0.248 e. The number of carbonyl (C=O) groups is 1. The Labute approximate surface area is 141 Å². The zero-order valence-electron chi connectivity index (χ0n) is 14.0. The van der Waals surface area contributed by atoms with Crippen molar-refractivity contribution in [1.29, 1.82) is 0 Å². The second-order valence-corrected chi connectivity index (χ2v) is 7.09. The third kappa shape index (κ3) is 2.61. The summed E-state index contributed by atoms with van der Waals surface area (Å²) in [5, 5.41) is 0. The molecule has 4 heterocycles. The van der Waals surface area contributed by atoms with Crippen molar-refractivity contribution < 1.29 is 14.3 Å². The van der Waals surface area contributed by atoms with Crippen LogP contribution in [-0.4, -0.2) is 56.9 Å². The first-order valence-corrected chi connectivity index (χ1v) is 8.58. The highest BCUT2D eigenvalue weighted by atomic mass is 16.5. The van der Waals surface area contributed by atoms with E-state index >= 15 is 0 Å². The number of amides is 1. The monoisotopic (exact) mass is 332 g/mol. The van der Waals surface area contributed by atoms with Crippen LogP contribution in [-0.2, 0) is 9.53 Å². The first-order valence-electron chi connectivity index (χ1n) is 8.58. The van der Waals surface area contributed by atoms with Crippen LogP contribution in [0.25, 0.3) is 0 Å². The Morgan fingerprint density at radius 2 is 2.08 bits per heavy atom. The van der Waals surface area contributed by atoms with Gasteiger partial charge in [-0.25, -0.2) is 4.98 Å². The number of anilines is 2. The maximum absolute atomic E-state index is 12.2. The van der Waals surface area contributed by atoms with Crippen LogP contribution in [0.4, 0.5) is 11.6 Å². The second-order valence-electron chi connectivity index (χ2n) is 7.09. The van der Waals surface area contributed by atoms with Gasteiger partial charge in [-0.15, -0.1) is 0 Å². The van der Waals surface area contributed by atoms with Crippen LogP contribution >= 0.6 is 0 Å². The molecule has 1 spiro atoms. The van der Waals surface area contributed by atoms with Crippen LogP contribution in [0.2, 0.25) is 0 Å². The van der Waals surface area contributed by atoms with E-state index in [1.807, 2.05) is 12.1 Å². The van der Waals surface area contributed by atoms with Crippen LogP contribution in [0.15, 0.2) is 12.1 Å². The Morgan fingerprint density at radius 1 is 1.29 bits per heavy atom. The number of ether oxygens (including phenoxy) is 2. The Kier molecular flexibility index (Phi) is 3.85. The fraction of sp³-hybridized carbons (Fsp3) is 0.647. The van der Waals surface area contributed by atoms with E-state index in [0.717, 1.165) is 45.0 Å². The van der Waals surface area contributed by atoms with Crippen molar-refractivity contribution >= 4 is 17.5 Å². The molecule has 0 aliphatic carbocycles. The summed E-state index contributed by atoms with van der Waals surface area (Å²) in [5.74, 6) is 1.90. The highest BCUT2D eigenvalue weighted by molar-refractivity contribution is 5.97. The first kappa shape index (κ1) is 15.7. The summed E-state index contributed by atoms with van der Waals surface area (Å²) in [7, 11) is 1.70. The topological polar surface area (TPSA) is 80.9 Å². The summed E-state index contributed by atoms with van der Waals surface area (Å²) in [6.07, 6.45) is 3.40. The molecule has 3 aliphatic rings. The van der Waals surface area contributed by atoms with Crippen LogP contribution < -0.4 is 20.3 Å². The lowest BCUT2D eigenvalue weighted by Crippen LogP contribution is -2.43. The predicted octanol–water partition coefficient (Wildman–Crippen LogP) is 0.771. The highest BCUT2D eigenvalue weighted by Gasteiger charge is 2.40. The van der Waals surface area contributed by atoms with Gasteiger partial charge in [-0.2, -0.15) is 0 Å². The third-order valence-electron chi connectivity index (χ3n) is 5.52. The molecule has 0 bridgehead atoms. The number of nitrogens with two attached hydrogens (primary N) is 1. The number of aromatic nitrogens is 1. The molecule has 2 N–H and O–H groups in total. The predicted molar refractivity (Wildman–Crippen MR) is 90.4 cm³/mol. The summed E-state index contributed by atoms with van der Waals surface area (Å²) < 4.78 is 11.2. The molecule has 2 fully saturated rings. The Morgan fingerprint density at radius 3 is 2.88 bits per heavy atom. The third-order valence-corrected chi connectivity index (χ3v) is 5.52. The summed E-state index contributed by atoms with van der Waals surface area (Å²) in [6.45, 7) is 3.89. The Hall–Kier alpha value is -1.86. The molecule has 3 aliphatic heterocycles. The van der Waals surface area contributed by atoms with E-state index in [9.17, 15) is 4.79 Å². The summed E-state index contributed by atoms with van der Waals surface area (Å²) in [5.41, 5.74) is 6.19. The zero-order valence-corrected chi connectivity index (χ0v) is 14.0. The van der Waals surface area contributed by atoms with Crippen molar-refractivity contribution in [3.05, 3.63) is 12.1 Å². The Balaban J connectivity index is 1.59. The lowest BCUT2D eigenvalue weighted by molar-refractivity contribution is -0.119. The molecule has 1 aromatic heterocycles. The summed E-state index contributed by atoms with van der Waals surface area (Å²) >= 11 is 0. The molecule has 7 heteroatoms. The smallest absolute Gasteiger partial charge is 0.248 e. The van der Waals surface area contributed by atoms with Crippen molar-refractivity contribution in [2.24, 2.45) is 11.1 Å². The number of rotatable bonds is 1. The lowest BCUT2D eigenvalue weighted by Gasteiger charge is -2.33. The minimum atomic E-state index is -0.648. The molecule has 24 heavy (non-hydrogen) atoms. The van der Waals surface area contributed by atoms with Crippen LogP contribution in [0.3, 0.4) is 0 Å². The van der Waals surface area contributed by atoms with Crippen molar-refractivity contribution in [2.75, 3.05) is 49.8 Å². The van der Waals surface area contributed by atoms with E-state index in [2.05, 4.69) is 4.90 Å². The van der Waals surface area contributed by atoms with Crippen LogP contribution in [0, 0.1) is 5.41 Å². The minimum Gasteiger partial charge on any atom is -0.488 e. The first-order chi connectivity index (χ1) is 11.6. The van der Waals surface area contributed by atoms with Crippen molar-refractivity contribution in [3.63, 3.8) is 0 Å². The van der Waals surface area contributed by atoms with Crippen molar-refractivity contribution in [1.82, 2.24) is 4.98 Å². The van der Waals surface area contributed by atoms with Gasteiger partial charge in [0, 0.05) is 33.4 Å². The number of fused-ring (bicyclic) bond motifs is 1. The van der Waals surface area contributed by atoms with E-state index in [4.69, 9.17) is 20.2 Å². The molecule has 1 amide bonds. The van der Waals surface area contributed by atoms with Crippen LogP contribution in [0.1, 0.15) is 19.3 Å². The molecular weight excluding hydrogens is 308 g/mol. The Bertz CT molecular complexity index is 645. The average Bonchev–Trinajstić information content (AvgIpc) is 2.97. The van der Waals surface area contributed by atoms with Gasteiger partial charge in [0.05, 0.1) is 0 Å². The number of hydrogen-bond donors (Lipinski definition) is 1. The van der Waals surface area contributed by atoms with Gasteiger partial charge in [-0.05, 0) is 36.8 Å². The fourth-order valence-electron chi connectivity index (χ4n) is 3.90. The molecule has 0 radical (unpaired) electrons. The second kappa shape index (κ2) is 5.89. The van der Waals surface area contributed by atoms with Gasteiger partial charge in [0.2, 0.25) is 5.91 Å². The van der Waals surface area contributed by atoms with E-state index < -0.39 is 6.04 Å². The fourth-order valence-corrected chi connectivity index (χ4v) is 3.90. The molecule has 4 rings (SSSR count). The van der Waals surface area contributed by atoms with Crippen LogP contribution in [0.5, 0.6) is 5.75 Å². The highest BCUT2D eigenvalue weighted by Crippen LogP contribution is 2.42. The minimum absolute atomic E-state index is 0.166. The number of pyridine rings is 1. The van der Waals surface area contributed by atoms with E-state index in [1.54, 1.807) is 7.05 Å². The van der Waals surface area contributed by atoms with E-state index in [1.165, 1.54) is 11.3 Å². The molecule has 0 saturated carbocycles. The average molecular weight is 332 g/mol. The van der Waals surface area contributed by atoms with Crippen molar-refractivity contribution in [3.8, 4) is 5.75 Å². The van der Waals surface area contributed by atoms with Gasteiger partial charge < -0.3 is 20.1 Å². The standard InChI is InChI=1S/C17H24N4O3/c1-20-15-13(24-10-12(18)16(20)22)2-3-14(19-15)21-7-4-17(11-21)5-8-23-9-6-17/h2-3,12H,4-11,18H2,1H3. The number of hydrogen-bond acceptors (Lipinski definition) is 6. The summed E-state index contributed by atoms with van der Waals surface area (Å²) in [6, 6.07) is 3.23. The number of carbonyl (C=O) groups excluding carboxylic acids is 1. The maximum atomic E-state index is 12.2. The van der Waals surface area contributed by atoms with Gasteiger partial charge >= 0.3 is 0 Å². The van der Waals surface area contributed by atoms with Gasteiger partial charge in [0.15, 0.2) is 11.6 Å². The van der Waals surface area contributed by atoms with Gasteiger partial charge in [-0.1, -0.05) is 0 Å². The molecule has 1 unspecified atom stereocenters. The SMILES string of the molecule is CN1C(=O)C(N)COc2ccc(N3CCC4(CCOCC4)C3)nc21. The molecule has 1 aromatic rings. The van der Waals surface area contributed by atoms with Gasteiger partial charge in [-0.3, -0.25) is 9.69 Å². The zero-order chi connectivity index (χ0) is 16.7. The largest absolute Gasteiger partial charge is 0.488 e. The quantitative estimate of drug-likeness (QED) is 0.818. The molecule has 130 valence electrons. The number of nitrogens with zero attached hydrogens (tertiary/aromatic N) is 3. The molecule has 0 aromatic carbocycles. The molecule has 1 atom stereocenters. The summed E-state index contributed by atoms with van der Waals surface area (Å²) in [4.78, 5) is 20.8. The number of likely N-dealkylation sites (N-methyl/N-ethyl adjacent to an activating group) is 1. The van der Waals surface area contributed by atoms with E-state index in [-0.39, 0.29) is 12.5 Å². The van der Waals surface area contributed by atoms with E-state index in [0.29, 0.717) is 17.0 Å². The normalized spacial score (nSPS) is 26.2. The van der Waals surface area contributed by atoms with Gasteiger partial charge in [0.25, 0.3) is 0 Å². The van der Waals surface area contributed by atoms with Crippen molar-refractivity contribution in [2.45, 2.75) is 25.3 Å². The van der Waals surface area contributed by atoms with Gasteiger partial charge in [0.1, 0.15) is 18.5 Å².